The van der Waals surface area contributed by atoms with Gasteiger partial charge in [-0.3, -0.25) is 0 Å². The fraction of sp³-hybridized carbons (Fsp3) is 1.00. The van der Waals surface area contributed by atoms with E-state index in [4.69, 9.17) is 35.9 Å². The van der Waals surface area contributed by atoms with Gasteiger partial charge in [-0.2, -0.15) is 0 Å². The fourth-order valence-electron chi connectivity index (χ4n) is 5.54. The normalized spacial score (nSPS) is 13.4. The van der Waals surface area contributed by atoms with Gasteiger partial charge in [-0.1, -0.05) is 218 Å². The molecule has 0 rings (SSSR count). The zero-order valence-corrected chi connectivity index (χ0v) is 37.7. The van der Waals surface area contributed by atoms with E-state index in [0.717, 1.165) is 0 Å². The van der Waals surface area contributed by atoms with E-state index in [0.29, 0.717) is 0 Å². The Morgan fingerprint density at radius 2 is 0.578 bits per heavy atom. The van der Waals surface area contributed by atoms with Crippen LogP contribution < -0.4 is 0 Å². The van der Waals surface area contributed by atoms with Crippen molar-refractivity contribution in [1.82, 2.24) is 0 Å². The summed E-state index contributed by atoms with van der Waals surface area (Å²) < 4.78 is -3.44. The third kappa shape index (κ3) is 36.6. The molecule has 1 unspecified atom stereocenters. The van der Waals surface area contributed by atoms with Crippen molar-refractivity contribution in [2.75, 3.05) is 17.3 Å². The maximum absolute atomic E-state index is 6.48. The molecular formula is C36H76P2S7. The predicted molar refractivity (Wildman–Crippen MR) is 238 cm³/mol. The monoisotopic (exact) mass is 794 g/mol. The van der Waals surface area contributed by atoms with Gasteiger partial charge in [-0.25, -0.2) is 0 Å². The number of hydrogen-bond acceptors (Lipinski definition) is 6. The van der Waals surface area contributed by atoms with Gasteiger partial charge in [0, 0.05) is 0 Å². The van der Waals surface area contributed by atoms with Crippen LogP contribution in [0.3, 0.4) is 0 Å². The molecule has 0 aliphatic carbocycles. The van der Waals surface area contributed by atoms with Crippen molar-refractivity contribution in [1.29, 1.82) is 0 Å². The minimum absolute atomic E-state index is 1.17. The first-order valence-corrected chi connectivity index (χ1v) is 33.0. The highest BCUT2D eigenvalue weighted by atomic mass is 33.7. The summed E-state index contributed by atoms with van der Waals surface area (Å²) >= 11 is 26.0. The molecule has 0 radical (unpaired) electrons. The molecule has 0 aromatic heterocycles. The SMILES string of the molecule is CCCCCCCCCCCCSP(=S)(S)SP(=S)(SCCCCCCCCCCCC)SCCCCCCCCCCCC. The predicted octanol–water partition coefficient (Wildman–Crippen LogP) is 18.1. The Morgan fingerprint density at radius 3 is 0.844 bits per heavy atom. The molecule has 0 saturated heterocycles. The van der Waals surface area contributed by atoms with Crippen molar-refractivity contribution in [3.05, 3.63) is 0 Å². The second kappa shape index (κ2) is 36.8. The van der Waals surface area contributed by atoms with Gasteiger partial charge in [0.15, 0.2) is 0 Å². The third-order valence-electron chi connectivity index (χ3n) is 8.45. The molecule has 0 aliphatic rings. The van der Waals surface area contributed by atoms with E-state index >= 15 is 0 Å². The van der Waals surface area contributed by atoms with Gasteiger partial charge in [-0.15, -0.1) is 46.4 Å². The largest absolute Gasteiger partial charge is 0.121 e. The molecule has 0 aromatic carbocycles. The zero-order chi connectivity index (χ0) is 33.2. The van der Waals surface area contributed by atoms with Gasteiger partial charge in [-0.05, 0) is 47.5 Å². The first-order valence-electron chi connectivity index (χ1n) is 19.5. The van der Waals surface area contributed by atoms with Gasteiger partial charge in [0.05, 0.1) is 0 Å². The highest BCUT2D eigenvalue weighted by Gasteiger charge is 2.27. The maximum Gasteiger partial charge on any atom is 0.115 e. The summed E-state index contributed by atoms with van der Waals surface area (Å²) in [5.41, 5.74) is 0. The second-order valence-electron chi connectivity index (χ2n) is 13.0. The topological polar surface area (TPSA) is 0 Å². The number of thiol groups is 1. The first-order chi connectivity index (χ1) is 21.9. The molecule has 0 nitrogen and oxygen atoms in total. The van der Waals surface area contributed by atoms with Crippen LogP contribution in [0, 0.1) is 0 Å². The minimum Gasteiger partial charge on any atom is -0.121 e. The molecule has 9 heteroatoms. The Balaban J connectivity index is 4.38. The summed E-state index contributed by atoms with van der Waals surface area (Å²) in [5.74, 6) is 3.61. The van der Waals surface area contributed by atoms with Gasteiger partial charge >= 0.3 is 0 Å². The van der Waals surface area contributed by atoms with Crippen LogP contribution >= 0.6 is 64.7 Å². The van der Waals surface area contributed by atoms with Crippen LogP contribution in [0.1, 0.15) is 213 Å². The molecule has 272 valence electrons. The molecular weight excluding hydrogens is 719 g/mol. The quantitative estimate of drug-likeness (QED) is 0.0373. The number of rotatable bonds is 38. The molecule has 0 aliphatic heterocycles. The Labute approximate surface area is 316 Å². The fourth-order valence-corrected chi connectivity index (χ4v) is 53.7. The van der Waals surface area contributed by atoms with E-state index in [2.05, 4.69) is 43.5 Å². The summed E-state index contributed by atoms with van der Waals surface area (Å²) in [7, 11) is 0. The van der Waals surface area contributed by atoms with Crippen LogP contribution in [-0.2, 0) is 23.6 Å². The van der Waals surface area contributed by atoms with Gasteiger partial charge in [0.1, 0.15) is 7.29 Å². The molecule has 0 aromatic rings. The van der Waals surface area contributed by atoms with Crippen molar-refractivity contribution in [2.45, 2.75) is 213 Å². The van der Waals surface area contributed by atoms with E-state index in [1.807, 2.05) is 22.4 Å². The highest BCUT2D eigenvalue weighted by molar-refractivity contribution is 9.43. The molecule has 0 spiro atoms. The van der Waals surface area contributed by atoms with E-state index in [-0.39, 0.29) is 0 Å². The van der Waals surface area contributed by atoms with E-state index in [1.165, 1.54) is 210 Å². The average Bonchev–Trinajstić information content (AvgIpc) is 3.01. The Hall–Kier alpha value is 3.05. The van der Waals surface area contributed by atoms with Crippen LogP contribution in [0.2, 0.25) is 0 Å². The summed E-state index contributed by atoms with van der Waals surface area (Å²) in [6, 6.07) is 0. The Bertz CT molecular complexity index is 662. The zero-order valence-electron chi connectivity index (χ0n) is 30.1. The first kappa shape index (κ1) is 48.0. The van der Waals surface area contributed by atoms with Crippen molar-refractivity contribution >= 4 is 88.3 Å². The van der Waals surface area contributed by atoms with Gasteiger partial charge in [0.2, 0.25) is 0 Å². The molecule has 0 fully saturated rings. The van der Waals surface area contributed by atoms with Crippen LogP contribution in [0.5, 0.6) is 0 Å². The van der Waals surface area contributed by atoms with Crippen molar-refractivity contribution in [2.24, 2.45) is 0 Å². The summed E-state index contributed by atoms with van der Waals surface area (Å²) in [6.07, 6.45) is 41.9. The lowest BCUT2D eigenvalue weighted by molar-refractivity contribution is 0.563. The van der Waals surface area contributed by atoms with Gasteiger partial charge in [0.25, 0.3) is 0 Å². The van der Waals surface area contributed by atoms with Gasteiger partial charge < -0.3 is 0 Å². The van der Waals surface area contributed by atoms with E-state index < -0.39 is 7.29 Å². The smallest absolute Gasteiger partial charge is 0.115 e. The summed E-state index contributed by atoms with van der Waals surface area (Å²) in [5, 5.41) is 0. The highest BCUT2D eigenvalue weighted by Crippen LogP contribution is 2.93. The molecule has 0 saturated carbocycles. The standard InChI is InChI=1S/C36H76P2S7/c1-4-7-10-13-16-19-22-25-28-31-34-42-37(39,40)45-38(41,43-35-32-29-26-23-20-17-14-11-8-5-2)44-36-33-30-27-24-21-18-15-12-9-6-3/h4-36H2,1-3H3,(H,39,40). The van der Waals surface area contributed by atoms with E-state index in [9.17, 15) is 0 Å². The number of unbranched alkanes of at least 4 members (excludes halogenated alkanes) is 27. The van der Waals surface area contributed by atoms with Crippen LogP contribution in [-0.4, -0.2) is 17.3 Å². The molecule has 45 heavy (non-hydrogen) atoms. The lowest BCUT2D eigenvalue weighted by Gasteiger charge is -2.25. The lowest BCUT2D eigenvalue weighted by atomic mass is 10.1. The molecule has 0 N–H and O–H groups in total. The lowest BCUT2D eigenvalue weighted by Crippen LogP contribution is -1.85. The van der Waals surface area contributed by atoms with Crippen molar-refractivity contribution in [3.8, 4) is 0 Å². The molecule has 0 bridgehead atoms. The molecule has 0 heterocycles. The van der Waals surface area contributed by atoms with E-state index in [1.54, 1.807) is 0 Å². The minimum atomic E-state index is -1.79. The Morgan fingerprint density at radius 1 is 0.356 bits per heavy atom. The average molecular weight is 795 g/mol. The second-order valence-corrected chi connectivity index (χ2v) is 43.3. The van der Waals surface area contributed by atoms with Crippen LogP contribution in [0.4, 0.5) is 0 Å². The third-order valence-corrected chi connectivity index (χ3v) is 40.2. The summed E-state index contributed by atoms with van der Waals surface area (Å²) in [6.45, 7) is 6.91. The number of hydrogen-bond donors (Lipinski definition) is 1. The molecule has 0 amide bonds. The molecule has 1 atom stereocenters. The van der Waals surface area contributed by atoms with Crippen LogP contribution in [0.15, 0.2) is 0 Å². The van der Waals surface area contributed by atoms with Crippen molar-refractivity contribution < 1.29 is 0 Å². The maximum atomic E-state index is 6.48. The van der Waals surface area contributed by atoms with Crippen molar-refractivity contribution in [3.63, 3.8) is 0 Å². The summed E-state index contributed by atoms with van der Waals surface area (Å²) in [4.78, 5) is 0. The van der Waals surface area contributed by atoms with Crippen LogP contribution in [0.25, 0.3) is 0 Å². The Kier molecular flexibility index (Phi) is 39.3.